The van der Waals surface area contributed by atoms with E-state index in [1.54, 1.807) is 12.1 Å². The summed E-state index contributed by atoms with van der Waals surface area (Å²) in [4.78, 5) is 12.2. The number of carbonyl (C=O) groups is 1. The smallest absolute Gasteiger partial charge is 0.257 e. The molecule has 2 heterocycles. The molecule has 21 heavy (non-hydrogen) atoms. The van der Waals surface area contributed by atoms with E-state index >= 15 is 0 Å². The minimum atomic E-state index is -0.250. The van der Waals surface area contributed by atoms with Gasteiger partial charge in [-0.25, -0.2) is 4.68 Å². The number of amides is 1. The summed E-state index contributed by atoms with van der Waals surface area (Å²) in [6.07, 6.45) is 1.48. The monoisotopic (exact) mass is 301 g/mol. The Labute approximate surface area is 123 Å². The topological polar surface area (TPSA) is 98.5 Å². The van der Waals surface area contributed by atoms with Gasteiger partial charge in [0.1, 0.15) is 11.3 Å². The van der Waals surface area contributed by atoms with Gasteiger partial charge in [-0.2, -0.15) is 0 Å². The van der Waals surface area contributed by atoms with Crippen molar-refractivity contribution >= 4 is 22.4 Å². The zero-order valence-electron chi connectivity index (χ0n) is 11.3. The fourth-order valence-corrected chi connectivity index (χ4v) is 2.37. The highest BCUT2D eigenvalue weighted by Gasteiger charge is 2.12. The van der Waals surface area contributed by atoms with Crippen molar-refractivity contribution in [3.63, 3.8) is 0 Å². The quantitative estimate of drug-likeness (QED) is 0.784. The fraction of sp³-hybridized carbons (Fsp3) is 0.167. The van der Waals surface area contributed by atoms with Crippen LogP contribution >= 0.6 is 11.3 Å². The van der Waals surface area contributed by atoms with Crippen molar-refractivity contribution in [2.75, 3.05) is 5.32 Å². The molecule has 1 amide bonds. The molecule has 0 atom stereocenters. The van der Waals surface area contributed by atoms with Gasteiger partial charge in [0.25, 0.3) is 5.91 Å². The van der Waals surface area contributed by atoms with Gasteiger partial charge in [-0.3, -0.25) is 10.1 Å². The highest BCUT2D eigenvalue weighted by molar-refractivity contribution is 7.15. The summed E-state index contributed by atoms with van der Waals surface area (Å²) < 4.78 is 1.52. The van der Waals surface area contributed by atoms with Gasteiger partial charge < -0.3 is 0 Å². The molecule has 8 nitrogen and oxygen atoms in total. The molecule has 0 unspecified atom stereocenters. The molecular weight excluding hydrogens is 290 g/mol. The Bertz CT molecular complexity index is 781. The first-order chi connectivity index (χ1) is 10.1. The highest BCUT2D eigenvalue weighted by atomic mass is 32.1. The van der Waals surface area contributed by atoms with Crippen molar-refractivity contribution < 1.29 is 4.79 Å². The van der Waals surface area contributed by atoms with Crippen molar-refractivity contribution in [2.24, 2.45) is 0 Å². The van der Waals surface area contributed by atoms with Crippen LogP contribution in [-0.2, 0) is 0 Å². The van der Waals surface area contributed by atoms with E-state index in [1.807, 2.05) is 19.9 Å². The zero-order valence-corrected chi connectivity index (χ0v) is 12.1. The number of carbonyl (C=O) groups excluding carboxylic acids is 1. The Kier molecular flexibility index (Phi) is 3.40. The van der Waals surface area contributed by atoms with Crippen LogP contribution in [0, 0.1) is 13.8 Å². The van der Waals surface area contributed by atoms with E-state index in [-0.39, 0.29) is 5.91 Å². The van der Waals surface area contributed by atoms with Gasteiger partial charge in [-0.05, 0) is 42.0 Å². The van der Waals surface area contributed by atoms with Crippen LogP contribution in [0.25, 0.3) is 5.69 Å². The molecule has 106 valence electrons. The molecule has 0 saturated carbocycles. The lowest BCUT2D eigenvalue weighted by Crippen LogP contribution is -2.12. The van der Waals surface area contributed by atoms with E-state index < -0.39 is 0 Å². The number of nitrogens with zero attached hydrogens (tertiary/aromatic N) is 6. The number of tetrazole rings is 1. The molecule has 1 aromatic carbocycles. The lowest BCUT2D eigenvalue weighted by atomic mass is 10.1. The average Bonchev–Trinajstić information content (AvgIpc) is 3.11. The van der Waals surface area contributed by atoms with Crippen LogP contribution in [0.1, 0.15) is 20.9 Å². The summed E-state index contributed by atoms with van der Waals surface area (Å²) in [6, 6.07) is 5.32. The van der Waals surface area contributed by atoms with Crippen LogP contribution in [0.3, 0.4) is 0 Å². The second-order valence-electron chi connectivity index (χ2n) is 4.34. The van der Waals surface area contributed by atoms with E-state index in [4.69, 9.17) is 0 Å². The number of hydrogen-bond acceptors (Lipinski definition) is 7. The standard InChI is InChI=1S/C12H11N7OS/c1-7-3-4-9(5-10(7)19-6-13-17-18-19)11(20)14-12-16-15-8(2)21-12/h3-6H,1-2H3,(H,14,16,20). The van der Waals surface area contributed by atoms with E-state index in [1.165, 1.54) is 22.3 Å². The number of aryl methyl sites for hydroxylation is 2. The normalized spacial score (nSPS) is 10.6. The maximum absolute atomic E-state index is 12.2. The molecule has 0 saturated heterocycles. The largest absolute Gasteiger partial charge is 0.296 e. The molecule has 0 aliphatic heterocycles. The molecule has 0 aliphatic rings. The average molecular weight is 301 g/mol. The molecule has 3 aromatic rings. The first-order valence-electron chi connectivity index (χ1n) is 6.09. The van der Waals surface area contributed by atoms with Crippen LogP contribution in [0.2, 0.25) is 0 Å². The number of benzene rings is 1. The predicted molar refractivity (Wildman–Crippen MR) is 76.5 cm³/mol. The molecule has 1 N–H and O–H groups in total. The minimum absolute atomic E-state index is 0.250. The zero-order chi connectivity index (χ0) is 14.8. The third kappa shape index (κ3) is 2.77. The predicted octanol–water partition coefficient (Wildman–Crippen LogP) is 1.38. The van der Waals surface area contributed by atoms with Crippen molar-refractivity contribution in [1.82, 2.24) is 30.4 Å². The number of aromatic nitrogens is 6. The van der Waals surface area contributed by atoms with Crippen LogP contribution < -0.4 is 5.32 Å². The first kappa shape index (κ1) is 13.3. The van der Waals surface area contributed by atoms with Crippen LogP contribution in [0.4, 0.5) is 5.13 Å². The Morgan fingerprint density at radius 3 is 2.81 bits per heavy atom. The molecule has 3 rings (SSSR count). The SMILES string of the molecule is Cc1nnc(NC(=O)c2ccc(C)c(-n3cnnn3)c2)s1. The molecule has 0 aliphatic carbocycles. The molecule has 0 fully saturated rings. The third-order valence-electron chi connectivity index (χ3n) is 2.81. The van der Waals surface area contributed by atoms with Gasteiger partial charge in [0, 0.05) is 5.56 Å². The summed E-state index contributed by atoms with van der Waals surface area (Å²) >= 11 is 1.32. The Morgan fingerprint density at radius 1 is 1.29 bits per heavy atom. The van der Waals surface area contributed by atoms with Crippen molar-refractivity contribution in [2.45, 2.75) is 13.8 Å². The summed E-state index contributed by atoms with van der Waals surface area (Å²) in [5, 5.41) is 22.8. The van der Waals surface area contributed by atoms with E-state index in [9.17, 15) is 4.79 Å². The third-order valence-corrected chi connectivity index (χ3v) is 3.57. The van der Waals surface area contributed by atoms with Crippen LogP contribution in [-0.4, -0.2) is 36.3 Å². The molecule has 0 radical (unpaired) electrons. The van der Waals surface area contributed by atoms with Gasteiger partial charge in [0.2, 0.25) is 5.13 Å². The van der Waals surface area contributed by atoms with Crippen molar-refractivity contribution in [3.05, 3.63) is 40.7 Å². The van der Waals surface area contributed by atoms with Gasteiger partial charge >= 0.3 is 0 Å². The molecular formula is C12H11N7OS. The summed E-state index contributed by atoms with van der Waals surface area (Å²) in [5.74, 6) is -0.250. The van der Waals surface area contributed by atoms with E-state index in [2.05, 4.69) is 31.0 Å². The minimum Gasteiger partial charge on any atom is -0.296 e. The molecule has 2 aromatic heterocycles. The summed E-state index contributed by atoms with van der Waals surface area (Å²) in [7, 11) is 0. The van der Waals surface area contributed by atoms with Gasteiger partial charge in [-0.15, -0.1) is 15.3 Å². The number of hydrogen-bond donors (Lipinski definition) is 1. The van der Waals surface area contributed by atoms with Gasteiger partial charge in [0.15, 0.2) is 0 Å². The second-order valence-corrected chi connectivity index (χ2v) is 5.52. The fourth-order valence-electron chi connectivity index (χ4n) is 1.79. The lowest BCUT2D eigenvalue weighted by Gasteiger charge is -2.07. The van der Waals surface area contributed by atoms with Gasteiger partial charge in [0.05, 0.1) is 5.69 Å². The van der Waals surface area contributed by atoms with Gasteiger partial charge in [-0.1, -0.05) is 17.4 Å². The van der Waals surface area contributed by atoms with Crippen LogP contribution in [0.5, 0.6) is 0 Å². The van der Waals surface area contributed by atoms with Crippen LogP contribution in [0.15, 0.2) is 24.5 Å². The second kappa shape index (κ2) is 5.37. The summed E-state index contributed by atoms with van der Waals surface area (Å²) in [6.45, 7) is 3.75. The number of rotatable bonds is 3. The van der Waals surface area contributed by atoms with E-state index in [0.29, 0.717) is 10.7 Å². The molecule has 9 heteroatoms. The Hall–Kier alpha value is -2.68. The Balaban J connectivity index is 1.89. The number of nitrogens with one attached hydrogen (secondary N) is 1. The lowest BCUT2D eigenvalue weighted by molar-refractivity contribution is 0.102. The summed E-state index contributed by atoms with van der Waals surface area (Å²) in [5.41, 5.74) is 2.21. The molecule has 0 spiro atoms. The Morgan fingerprint density at radius 2 is 2.14 bits per heavy atom. The van der Waals surface area contributed by atoms with E-state index in [0.717, 1.165) is 16.3 Å². The van der Waals surface area contributed by atoms with Crippen molar-refractivity contribution in [1.29, 1.82) is 0 Å². The maximum atomic E-state index is 12.2. The van der Waals surface area contributed by atoms with Crippen molar-refractivity contribution in [3.8, 4) is 5.69 Å². The molecule has 0 bridgehead atoms. The number of anilines is 1. The maximum Gasteiger partial charge on any atom is 0.257 e. The highest BCUT2D eigenvalue weighted by Crippen LogP contribution is 2.18. The first-order valence-corrected chi connectivity index (χ1v) is 6.90.